The van der Waals surface area contributed by atoms with Gasteiger partial charge in [0, 0.05) is 10.9 Å². The van der Waals surface area contributed by atoms with Crippen LogP contribution in [0, 0.1) is 0 Å². The van der Waals surface area contributed by atoms with Crippen LogP contribution in [0.4, 0.5) is 0 Å². The zero-order valence-corrected chi connectivity index (χ0v) is 12.4. The van der Waals surface area contributed by atoms with Gasteiger partial charge in [-0.1, -0.05) is 18.2 Å². The van der Waals surface area contributed by atoms with Crippen LogP contribution in [-0.4, -0.2) is 19.5 Å². The van der Waals surface area contributed by atoms with E-state index in [9.17, 15) is 9.59 Å². The maximum absolute atomic E-state index is 12.1. The molecule has 0 saturated carbocycles. The summed E-state index contributed by atoms with van der Waals surface area (Å²) >= 11 is 0. The van der Waals surface area contributed by atoms with Crippen LogP contribution < -0.4 is 15.1 Å². The highest BCUT2D eigenvalue weighted by Gasteiger charge is 2.11. The number of carbonyl (C=O) groups is 1. The van der Waals surface area contributed by atoms with Gasteiger partial charge in [0.15, 0.2) is 12.4 Å². The van der Waals surface area contributed by atoms with Crippen molar-refractivity contribution in [3.63, 3.8) is 0 Å². The average Bonchev–Trinajstić information content (AvgIpc) is 2.59. The molecule has 5 heteroatoms. The van der Waals surface area contributed by atoms with Gasteiger partial charge in [-0.3, -0.25) is 4.79 Å². The van der Waals surface area contributed by atoms with Crippen molar-refractivity contribution in [1.29, 1.82) is 0 Å². The predicted molar refractivity (Wildman–Crippen MR) is 85.3 cm³/mol. The fraction of sp³-hybridized carbons (Fsp3) is 0.111. The second kappa shape index (κ2) is 6.36. The largest absolute Gasteiger partial charge is 0.497 e. The molecule has 0 radical (unpaired) electrons. The minimum atomic E-state index is -0.605. The Bertz CT molecular complexity index is 893. The van der Waals surface area contributed by atoms with Gasteiger partial charge in [-0.15, -0.1) is 0 Å². The Morgan fingerprint density at radius 3 is 2.57 bits per heavy atom. The van der Waals surface area contributed by atoms with Crippen molar-refractivity contribution in [2.45, 2.75) is 0 Å². The molecular formula is C18H14O5. The summed E-state index contributed by atoms with van der Waals surface area (Å²) in [5.41, 5.74) is 0.355. The number of hydrogen-bond acceptors (Lipinski definition) is 5. The highest BCUT2D eigenvalue weighted by atomic mass is 16.5. The molecule has 0 fully saturated rings. The third-order valence-corrected chi connectivity index (χ3v) is 3.38. The van der Waals surface area contributed by atoms with Gasteiger partial charge in [0.1, 0.15) is 11.3 Å². The van der Waals surface area contributed by atoms with E-state index in [0.29, 0.717) is 16.9 Å². The molecule has 0 unspecified atom stereocenters. The van der Waals surface area contributed by atoms with Crippen molar-refractivity contribution in [2.24, 2.45) is 0 Å². The Labute approximate surface area is 132 Å². The zero-order chi connectivity index (χ0) is 16.2. The summed E-state index contributed by atoms with van der Waals surface area (Å²) in [4.78, 5) is 23.9. The lowest BCUT2D eigenvalue weighted by Gasteiger charge is -2.06. The van der Waals surface area contributed by atoms with E-state index in [-0.39, 0.29) is 18.1 Å². The van der Waals surface area contributed by atoms with E-state index in [0.717, 1.165) is 5.39 Å². The van der Waals surface area contributed by atoms with Gasteiger partial charge in [-0.2, -0.15) is 0 Å². The van der Waals surface area contributed by atoms with Gasteiger partial charge < -0.3 is 13.9 Å². The molecule has 0 bridgehead atoms. The highest BCUT2D eigenvalue weighted by Crippen LogP contribution is 2.17. The van der Waals surface area contributed by atoms with Crippen LogP contribution in [0.15, 0.2) is 63.8 Å². The average molecular weight is 310 g/mol. The maximum atomic E-state index is 12.1. The second-order valence-electron chi connectivity index (χ2n) is 4.88. The molecule has 5 nitrogen and oxygen atoms in total. The third-order valence-electron chi connectivity index (χ3n) is 3.38. The monoisotopic (exact) mass is 310 g/mol. The van der Waals surface area contributed by atoms with E-state index in [1.165, 1.54) is 0 Å². The topological polar surface area (TPSA) is 65.7 Å². The summed E-state index contributed by atoms with van der Waals surface area (Å²) in [6.45, 7) is -0.241. The van der Waals surface area contributed by atoms with Gasteiger partial charge in [0.25, 0.3) is 0 Å². The van der Waals surface area contributed by atoms with E-state index < -0.39 is 5.63 Å². The van der Waals surface area contributed by atoms with E-state index in [1.807, 2.05) is 6.07 Å². The standard InChI is InChI=1S/C18H14O5/c1-21-14-8-6-12(7-9-14)15(19)11-22-17-10-13-4-2-3-5-16(13)23-18(17)20/h2-10H,11H2,1H3. The number of hydrogen-bond donors (Lipinski definition) is 0. The van der Waals surface area contributed by atoms with Gasteiger partial charge in [0.2, 0.25) is 5.75 Å². The van der Waals surface area contributed by atoms with Crippen LogP contribution in [0.25, 0.3) is 11.0 Å². The number of methoxy groups -OCH3 is 1. The Kier molecular flexibility index (Phi) is 4.10. The molecule has 0 aliphatic heterocycles. The van der Waals surface area contributed by atoms with Gasteiger partial charge in [-0.05, 0) is 36.4 Å². The molecule has 0 atom stereocenters. The Morgan fingerprint density at radius 1 is 1.09 bits per heavy atom. The molecule has 0 amide bonds. The van der Waals surface area contributed by atoms with Crippen LogP contribution in [0.5, 0.6) is 11.5 Å². The number of ketones is 1. The van der Waals surface area contributed by atoms with Crippen molar-refractivity contribution in [1.82, 2.24) is 0 Å². The number of carbonyl (C=O) groups excluding carboxylic acids is 1. The molecule has 1 aromatic heterocycles. The Hall–Kier alpha value is -3.08. The van der Waals surface area contributed by atoms with Crippen molar-refractivity contribution in [2.75, 3.05) is 13.7 Å². The summed E-state index contributed by atoms with van der Waals surface area (Å²) < 4.78 is 15.5. The first-order valence-corrected chi connectivity index (χ1v) is 7.00. The van der Waals surface area contributed by atoms with E-state index in [4.69, 9.17) is 13.9 Å². The van der Waals surface area contributed by atoms with E-state index in [2.05, 4.69) is 0 Å². The lowest BCUT2D eigenvalue weighted by molar-refractivity contribution is 0.0919. The Morgan fingerprint density at radius 2 is 1.83 bits per heavy atom. The second-order valence-corrected chi connectivity index (χ2v) is 4.88. The molecule has 0 saturated heterocycles. The number of Topliss-reactive ketones (excluding diaryl/α,β-unsaturated/α-hetero) is 1. The normalized spacial score (nSPS) is 10.5. The molecule has 3 rings (SSSR count). The number of ether oxygens (including phenoxy) is 2. The summed E-state index contributed by atoms with van der Waals surface area (Å²) in [6, 6.07) is 15.4. The summed E-state index contributed by atoms with van der Waals surface area (Å²) in [6.07, 6.45) is 0. The molecular weight excluding hydrogens is 296 g/mol. The minimum Gasteiger partial charge on any atom is -0.497 e. The van der Waals surface area contributed by atoms with E-state index >= 15 is 0 Å². The maximum Gasteiger partial charge on any atom is 0.379 e. The third kappa shape index (κ3) is 3.23. The lowest BCUT2D eigenvalue weighted by atomic mass is 10.1. The number of rotatable bonds is 5. The van der Waals surface area contributed by atoms with Crippen LogP contribution in [-0.2, 0) is 0 Å². The predicted octanol–water partition coefficient (Wildman–Crippen LogP) is 3.06. The number of fused-ring (bicyclic) bond motifs is 1. The summed E-state index contributed by atoms with van der Waals surface area (Å²) in [5.74, 6) is 0.448. The summed E-state index contributed by atoms with van der Waals surface area (Å²) in [5, 5.41) is 0.735. The van der Waals surface area contributed by atoms with Crippen LogP contribution in [0.2, 0.25) is 0 Å². The first kappa shape index (κ1) is 14.8. The van der Waals surface area contributed by atoms with E-state index in [1.54, 1.807) is 55.6 Å². The van der Waals surface area contributed by atoms with Gasteiger partial charge in [-0.25, -0.2) is 4.79 Å². The van der Waals surface area contributed by atoms with Crippen molar-refractivity contribution < 1.29 is 18.7 Å². The van der Waals surface area contributed by atoms with Gasteiger partial charge in [0.05, 0.1) is 7.11 Å². The van der Waals surface area contributed by atoms with Gasteiger partial charge >= 0.3 is 5.63 Å². The highest BCUT2D eigenvalue weighted by molar-refractivity contribution is 5.97. The molecule has 1 heterocycles. The quantitative estimate of drug-likeness (QED) is 0.535. The molecule has 3 aromatic rings. The number of para-hydroxylation sites is 1. The fourth-order valence-corrected chi connectivity index (χ4v) is 2.15. The molecule has 0 N–H and O–H groups in total. The molecule has 2 aromatic carbocycles. The smallest absolute Gasteiger partial charge is 0.379 e. The SMILES string of the molecule is COc1ccc(C(=O)COc2cc3ccccc3oc2=O)cc1. The van der Waals surface area contributed by atoms with Crippen molar-refractivity contribution in [3.05, 3.63) is 70.6 Å². The first-order valence-electron chi connectivity index (χ1n) is 7.00. The zero-order valence-electron chi connectivity index (χ0n) is 12.4. The molecule has 0 aliphatic rings. The Balaban J connectivity index is 1.75. The minimum absolute atomic E-state index is 0.0190. The summed E-state index contributed by atoms with van der Waals surface area (Å²) in [7, 11) is 1.55. The van der Waals surface area contributed by atoms with Crippen molar-refractivity contribution >= 4 is 16.8 Å². The lowest BCUT2D eigenvalue weighted by Crippen LogP contribution is -2.15. The molecule has 0 spiro atoms. The first-order chi connectivity index (χ1) is 11.2. The molecule has 0 aliphatic carbocycles. The van der Waals surface area contributed by atoms with Crippen LogP contribution in [0.1, 0.15) is 10.4 Å². The fourth-order valence-electron chi connectivity index (χ4n) is 2.15. The van der Waals surface area contributed by atoms with Crippen molar-refractivity contribution in [3.8, 4) is 11.5 Å². The molecule has 23 heavy (non-hydrogen) atoms. The van der Waals surface area contributed by atoms with Crippen LogP contribution in [0.3, 0.4) is 0 Å². The molecule has 116 valence electrons. The number of benzene rings is 2. The van der Waals surface area contributed by atoms with Crippen LogP contribution >= 0.6 is 0 Å².